The van der Waals surface area contributed by atoms with Crippen molar-refractivity contribution >= 4 is 39.1 Å². The molecule has 0 bridgehead atoms. The minimum Gasteiger partial charge on any atom is -0.126 e. The SMILES string of the molecule is ClCC(Cc1ccc(Cl)cc1)c1ccc(Br)cc1. The van der Waals surface area contributed by atoms with Crippen LogP contribution in [0.25, 0.3) is 0 Å². The number of halogens is 3. The molecule has 0 aliphatic rings. The summed E-state index contributed by atoms with van der Waals surface area (Å²) in [7, 11) is 0. The van der Waals surface area contributed by atoms with Gasteiger partial charge in [0.05, 0.1) is 0 Å². The normalized spacial score (nSPS) is 12.4. The lowest BCUT2D eigenvalue weighted by molar-refractivity contribution is 0.766. The largest absolute Gasteiger partial charge is 0.126 e. The Kier molecular flexibility index (Phi) is 5.11. The smallest absolute Gasteiger partial charge is 0.0406 e. The Balaban J connectivity index is 2.14. The highest BCUT2D eigenvalue weighted by atomic mass is 79.9. The zero-order valence-corrected chi connectivity index (χ0v) is 12.8. The van der Waals surface area contributed by atoms with Gasteiger partial charge < -0.3 is 0 Å². The van der Waals surface area contributed by atoms with E-state index in [9.17, 15) is 0 Å². The van der Waals surface area contributed by atoms with Crippen LogP contribution in [0, 0.1) is 0 Å². The van der Waals surface area contributed by atoms with E-state index in [-0.39, 0.29) is 0 Å². The van der Waals surface area contributed by atoms with Crippen LogP contribution in [0.1, 0.15) is 17.0 Å². The zero-order valence-electron chi connectivity index (χ0n) is 9.74. The van der Waals surface area contributed by atoms with Crippen molar-refractivity contribution in [3.05, 3.63) is 69.2 Å². The van der Waals surface area contributed by atoms with Crippen LogP contribution in [-0.2, 0) is 6.42 Å². The number of hydrogen-bond acceptors (Lipinski definition) is 0. The molecule has 2 aromatic carbocycles. The monoisotopic (exact) mass is 342 g/mol. The van der Waals surface area contributed by atoms with E-state index in [1.807, 2.05) is 12.1 Å². The van der Waals surface area contributed by atoms with Crippen molar-refractivity contribution in [1.82, 2.24) is 0 Å². The van der Waals surface area contributed by atoms with E-state index in [0.29, 0.717) is 11.8 Å². The topological polar surface area (TPSA) is 0 Å². The zero-order chi connectivity index (χ0) is 13.0. The van der Waals surface area contributed by atoms with Crippen LogP contribution in [0.4, 0.5) is 0 Å². The first-order chi connectivity index (χ1) is 8.69. The molecule has 0 saturated heterocycles. The molecule has 0 N–H and O–H groups in total. The quantitative estimate of drug-likeness (QED) is 0.627. The lowest BCUT2D eigenvalue weighted by Gasteiger charge is -2.14. The molecule has 2 aromatic rings. The molecule has 0 fully saturated rings. The fourth-order valence-electron chi connectivity index (χ4n) is 1.90. The van der Waals surface area contributed by atoms with Gasteiger partial charge in [0.25, 0.3) is 0 Å². The average Bonchev–Trinajstić information content (AvgIpc) is 2.39. The van der Waals surface area contributed by atoms with Crippen LogP contribution in [-0.4, -0.2) is 5.88 Å². The maximum Gasteiger partial charge on any atom is 0.0406 e. The standard InChI is InChI=1S/C15H13BrCl2/c16-14-5-3-12(4-6-14)13(10-17)9-11-1-7-15(18)8-2-11/h1-8,13H,9-10H2. The Morgan fingerprint density at radius 1 is 0.944 bits per heavy atom. The molecule has 94 valence electrons. The molecule has 2 rings (SSSR count). The fraction of sp³-hybridized carbons (Fsp3) is 0.200. The van der Waals surface area contributed by atoms with Crippen molar-refractivity contribution in [3.63, 3.8) is 0 Å². The summed E-state index contributed by atoms with van der Waals surface area (Å²) in [6.45, 7) is 0. The third-order valence-electron chi connectivity index (χ3n) is 2.92. The molecule has 0 nitrogen and oxygen atoms in total. The Hall–Kier alpha value is -0.500. The second kappa shape index (κ2) is 6.60. The van der Waals surface area contributed by atoms with E-state index in [1.54, 1.807) is 0 Å². The summed E-state index contributed by atoms with van der Waals surface area (Å²) in [5.41, 5.74) is 2.52. The highest BCUT2D eigenvalue weighted by molar-refractivity contribution is 9.10. The molecular formula is C15H13BrCl2. The summed E-state index contributed by atoms with van der Waals surface area (Å²) in [6, 6.07) is 16.3. The van der Waals surface area contributed by atoms with Crippen molar-refractivity contribution in [2.45, 2.75) is 12.3 Å². The third-order valence-corrected chi connectivity index (χ3v) is 4.08. The molecular weight excluding hydrogens is 331 g/mol. The van der Waals surface area contributed by atoms with Gasteiger partial charge in [0.1, 0.15) is 0 Å². The van der Waals surface area contributed by atoms with Crippen molar-refractivity contribution < 1.29 is 0 Å². The highest BCUT2D eigenvalue weighted by Crippen LogP contribution is 2.24. The first kappa shape index (κ1) is 13.9. The summed E-state index contributed by atoms with van der Waals surface area (Å²) >= 11 is 15.4. The van der Waals surface area contributed by atoms with Crippen molar-refractivity contribution in [1.29, 1.82) is 0 Å². The molecule has 0 aliphatic carbocycles. The van der Waals surface area contributed by atoms with Gasteiger partial charge >= 0.3 is 0 Å². The maximum absolute atomic E-state index is 6.09. The summed E-state index contributed by atoms with van der Waals surface area (Å²) in [5, 5.41) is 0.768. The molecule has 0 aliphatic heterocycles. The first-order valence-corrected chi connectivity index (χ1v) is 7.45. The second-order valence-electron chi connectivity index (χ2n) is 4.23. The number of hydrogen-bond donors (Lipinski definition) is 0. The summed E-state index contributed by atoms with van der Waals surface area (Å²) in [6.07, 6.45) is 0.933. The van der Waals surface area contributed by atoms with E-state index in [1.165, 1.54) is 11.1 Å². The first-order valence-electron chi connectivity index (χ1n) is 5.75. The molecule has 0 spiro atoms. The van der Waals surface area contributed by atoms with Gasteiger partial charge in [-0.15, -0.1) is 11.6 Å². The van der Waals surface area contributed by atoms with Gasteiger partial charge in [0.2, 0.25) is 0 Å². The van der Waals surface area contributed by atoms with E-state index < -0.39 is 0 Å². The Labute approximate surface area is 126 Å². The highest BCUT2D eigenvalue weighted by Gasteiger charge is 2.11. The van der Waals surface area contributed by atoms with Gasteiger partial charge in [0, 0.05) is 21.3 Å². The van der Waals surface area contributed by atoms with Crippen molar-refractivity contribution in [2.75, 3.05) is 5.88 Å². The molecule has 0 amide bonds. The molecule has 3 heteroatoms. The fourth-order valence-corrected chi connectivity index (χ4v) is 2.58. The van der Waals surface area contributed by atoms with Gasteiger partial charge in [-0.1, -0.05) is 51.8 Å². The summed E-state index contributed by atoms with van der Waals surface area (Å²) < 4.78 is 1.09. The van der Waals surface area contributed by atoms with Gasteiger partial charge in [-0.2, -0.15) is 0 Å². The minimum absolute atomic E-state index is 0.334. The Morgan fingerprint density at radius 2 is 1.56 bits per heavy atom. The van der Waals surface area contributed by atoms with Gasteiger partial charge in [0.15, 0.2) is 0 Å². The van der Waals surface area contributed by atoms with Crippen molar-refractivity contribution in [2.24, 2.45) is 0 Å². The molecule has 0 aromatic heterocycles. The van der Waals surface area contributed by atoms with Crippen LogP contribution in [0.5, 0.6) is 0 Å². The molecule has 0 heterocycles. The summed E-state index contributed by atoms with van der Waals surface area (Å²) in [5.74, 6) is 0.950. The van der Waals surface area contributed by atoms with Gasteiger partial charge in [-0.3, -0.25) is 0 Å². The van der Waals surface area contributed by atoms with E-state index in [4.69, 9.17) is 23.2 Å². The number of rotatable bonds is 4. The van der Waals surface area contributed by atoms with Crippen LogP contribution >= 0.6 is 39.1 Å². The van der Waals surface area contributed by atoms with Gasteiger partial charge in [-0.05, 0) is 41.8 Å². The predicted octanol–water partition coefficient (Wildman–Crippen LogP) is 5.67. The average molecular weight is 344 g/mol. The molecule has 0 radical (unpaired) electrons. The van der Waals surface area contributed by atoms with Crippen LogP contribution in [0.3, 0.4) is 0 Å². The summed E-state index contributed by atoms with van der Waals surface area (Å²) in [4.78, 5) is 0. The van der Waals surface area contributed by atoms with Crippen LogP contribution in [0.15, 0.2) is 53.0 Å². The van der Waals surface area contributed by atoms with E-state index in [2.05, 4.69) is 52.3 Å². The maximum atomic E-state index is 6.09. The second-order valence-corrected chi connectivity index (χ2v) is 5.89. The predicted molar refractivity (Wildman–Crippen MR) is 82.8 cm³/mol. The number of benzene rings is 2. The molecule has 18 heavy (non-hydrogen) atoms. The van der Waals surface area contributed by atoms with Gasteiger partial charge in [-0.25, -0.2) is 0 Å². The van der Waals surface area contributed by atoms with Crippen LogP contribution in [0.2, 0.25) is 5.02 Å². The van der Waals surface area contributed by atoms with E-state index in [0.717, 1.165) is 15.9 Å². The third kappa shape index (κ3) is 3.74. The Bertz CT molecular complexity index is 491. The number of alkyl halides is 1. The minimum atomic E-state index is 0.334. The van der Waals surface area contributed by atoms with Crippen LogP contribution < -0.4 is 0 Å². The van der Waals surface area contributed by atoms with Crippen molar-refractivity contribution in [3.8, 4) is 0 Å². The lowest BCUT2D eigenvalue weighted by Crippen LogP contribution is -2.04. The Morgan fingerprint density at radius 3 is 2.11 bits per heavy atom. The molecule has 1 atom stereocenters. The molecule has 0 saturated carbocycles. The molecule has 1 unspecified atom stereocenters. The van der Waals surface area contributed by atoms with E-state index >= 15 is 0 Å². The lowest BCUT2D eigenvalue weighted by atomic mass is 9.94.